The van der Waals surface area contributed by atoms with Crippen molar-refractivity contribution in [2.45, 2.75) is 6.92 Å². The molecule has 3 rings (SSSR count). The molecule has 1 aliphatic heterocycles. The molecule has 0 aromatic heterocycles. The van der Waals surface area contributed by atoms with Gasteiger partial charge < -0.3 is 9.80 Å². The first-order chi connectivity index (χ1) is 12.4. The van der Waals surface area contributed by atoms with Crippen molar-refractivity contribution in [2.75, 3.05) is 31.1 Å². The van der Waals surface area contributed by atoms with E-state index in [2.05, 4.69) is 0 Å². The van der Waals surface area contributed by atoms with Crippen molar-refractivity contribution in [3.8, 4) is 0 Å². The van der Waals surface area contributed by atoms with E-state index in [9.17, 15) is 14.0 Å². The van der Waals surface area contributed by atoms with E-state index < -0.39 is 5.82 Å². The summed E-state index contributed by atoms with van der Waals surface area (Å²) in [5, 5.41) is 0.737. The van der Waals surface area contributed by atoms with Crippen LogP contribution in [-0.2, 0) is 0 Å². The van der Waals surface area contributed by atoms with Crippen LogP contribution in [0.2, 0.25) is 10.0 Å². The molecule has 0 aliphatic carbocycles. The van der Waals surface area contributed by atoms with Crippen molar-refractivity contribution in [3.05, 3.63) is 63.4 Å². The predicted molar refractivity (Wildman–Crippen MR) is 101 cm³/mol. The number of hydrogen-bond donors (Lipinski definition) is 0. The number of hydrogen-bond acceptors (Lipinski definition) is 3. The second-order valence-electron chi connectivity index (χ2n) is 6.13. The maximum atomic E-state index is 14.3. The molecule has 0 N–H and O–H groups in total. The van der Waals surface area contributed by atoms with Crippen molar-refractivity contribution >= 4 is 40.6 Å². The Morgan fingerprint density at radius 3 is 2.15 bits per heavy atom. The van der Waals surface area contributed by atoms with Crippen molar-refractivity contribution in [2.24, 2.45) is 0 Å². The largest absolute Gasteiger partial charge is 0.366 e. The van der Waals surface area contributed by atoms with E-state index >= 15 is 0 Å². The third-order valence-electron chi connectivity index (χ3n) is 4.43. The summed E-state index contributed by atoms with van der Waals surface area (Å²) in [7, 11) is 0. The first-order valence-corrected chi connectivity index (χ1v) is 8.92. The highest BCUT2D eigenvalue weighted by Crippen LogP contribution is 2.25. The molecular formula is C19H17Cl2FN2O2. The molecule has 0 atom stereocenters. The molecule has 1 amide bonds. The Bertz CT molecular complexity index is 865. The van der Waals surface area contributed by atoms with Crippen LogP contribution < -0.4 is 4.90 Å². The minimum atomic E-state index is -0.429. The Labute approximate surface area is 161 Å². The monoisotopic (exact) mass is 394 g/mol. The molecule has 0 spiro atoms. The molecule has 26 heavy (non-hydrogen) atoms. The van der Waals surface area contributed by atoms with Gasteiger partial charge in [0, 0.05) is 37.3 Å². The number of piperazine rings is 1. The average molecular weight is 395 g/mol. The molecule has 4 nitrogen and oxygen atoms in total. The summed E-state index contributed by atoms with van der Waals surface area (Å²) in [5.74, 6) is -0.731. The number of carbonyl (C=O) groups is 2. The number of halogens is 3. The van der Waals surface area contributed by atoms with Crippen molar-refractivity contribution in [1.82, 2.24) is 4.90 Å². The summed E-state index contributed by atoms with van der Waals surface area (Å²) < 4.78 is 14.3. The molecule has 0 radical (unpaired) electrons. The second kappa shape index (κ2) is 7.64. The van der Waals surface area contributed by atoms with Crippen molar-refractivity contribution < 1.29 is 14.0 Å². The lowest BCUT2D eigenvalue weighted by molar-refractivity contribution is 0.0746. The van der Waals surface area contributed by atoms with Crippen LogP contribution in [0.5, 0.6) is 0 Å². The fourth-order valence-electron chi connectivity index (χ4n) is 2.94. The maximum absolute atomic E-state index is 14.3. The highest BCUT2D eigenvalue weighted by Gasteiger charge is 2.24. The summed E-state index contributed by atoms with van der Waals surface area (Å²) in [5.41, 5.74) is 1.26. The number of benzene rings is 2. The SMILES string of the molecule is CC(=O)c1ccc(N2CCN(C(=O)c3ccc(Cl)c(Cl)c3)CC2)c(F)c1. The molecule has 136 valence electrons. The van der Waals surface area contributed by atoms with Crippen LogP contribution in [0.4, 0.5) is 10.1 Å². The fourth-order valence-corrected chi connectivity index (χ4v) is 3.24. The van der Waals surface area contributed by atoms with E-state index in [0.29, 0.717) is 53.0 Å². The molecule has 7 heteroatoms. The van der Waals surface area contributed by atoms with E-state index in [1.165, 1.54) is 13.0 Å². The highest BCUT2D eigenvalue weighted by atomic mass is 35.5. The molecule has 0 unspecified atom stereocenters. The third-order valence-corrected chi connectivity index (χ3v) is 5.17. The van der Waals surface area contributed by atoms with E-state index in [0.717, 1.165) is 0 Å². The van der Waals surface area contributed by atoms with Crippen LogP contribution in [0.3, 0.4) is 0 Å². The Morgan fingerprint density at radius 2 is 1.58 bits per heavy atom. The van der Waals surface area contributed by atoms with Crippen molar-refractivity contribution in [1.29, 1.82) is 0 Å². The maximum Gasteiger partial charge on any atom is 0.254 e. The van der Waals surface area contributed by atoms with Gasteiger partial charge in [-0.2, -0.15) is 0 Å². The summed E-state index contributed by atoms with van der Waals surface area (Å²) >= 11 is 11.9. The zero-order chi connectivity index (χ0) is 18.8. The van der Waals surface area contributed by atoms with Gasteiger partial charge in [0.2, 0.25) is 0 Å². The number of Topliss-reactive ketones (excluding diaryl/α,β-unsaturated/α-hetero) is 1. The van der Waals surface area contributed by atoms with Gasteiger partial charge in [-0.1, -0.05) is 23.2 Å². The molecule has 1 fully saturated rings. The lowest BCUT2D eigenvalue weighted by Crippen LogP contribution is -2.49. The standard InChI is InChI=1S/C19H17Cl2FN2O2/c1-12(25)13-3-5-18(17(22)11-13)23-6-8-24(9-7-23)19(26)14-2-4-15(20)16(21)10-14/h2-5,10-11H,6-9H2,1H3. The molecule has 2 aromatic rings. The number of ketones is 1. The van der Waals surface area contributed by atoms with Gasteiger partial charge in [-0.3, -0.25) is 9.59 Å². The molecule has 1 saturated heterocycles. The normalized spacial score (nSPS) is 14.5. The van der Waals surface area contributed by atoms with Gasteiger partial charge in [-0.05, 0) is 43.3 Å². The zero-order valence-corrected chi connectivity index (χ0v) is 15.6. The van der Waals surface area contributed by atoms with E-state index in [1.807, 2.05) is 4.90 Å². The van der Waals surface area contributed by atoms with Gasteiger partial charge in [-0.15, -0.1) is 0 Å². The summed E-state index contributed by atoms with van der Waals surface area (Å²) in [6.07, 6.45) is 0. The van der Waals surface area contributed by atoms with Crippen LogP contribution in [-0.4, -0.2) is 42.8 Å². The van der Waals surface area contributed by atoms with Crippen LogP contribution in [0.25, 0.3) is 0 Å². The summed E-state index contributed by atoms with van der Waals surface area (Å²) in [6, 6.07) is 9.28. The van der Waals surface area contributed by atoms with Gasteiger partial charge in [0.1, 0.15) is 5.82 Å². The second-order valence-corrected chi connectivity index (χ2v) is 6.94. The molecule has 0 saturated carbocycles. The number of anilines is 1. The van der Waals surface area contributed by atoms with Gasteiger partial charge >= 0.3 is 0 Å². The van der Waals surface area contributed by atoms with Gasteiger partial charge in [-0.25, -0.2) is 4.39 Å². The van der Waals surface area contributed by atoms with Gasteiger partial charge in [0.05, 0.1) is 15.7 Å². The first kappa shape index (κ1) is 18.7. The average Bonchev–Trinajstić information content (AvgIpc) is 2.63. The van der Waals surface area contributed by atoms with E-state index in [4.69, 9.17) is 23.2 Å². The Hall–Kier alpha value is -2.11. The van der Waals surface area contributed by atoms with Crippen LogP contribution >= 0.6 is 23.2 Å². The Balaban J connectivity index is 1.68. The van der Waals surface area contributed by atoms with Gasteiger partial charge in [0.25, 0.3) is 5.91 Å². The summed E-state index contributed by atoms with van der Waals surface area (Å²) in [6.45, 7) is 3.34. The molecule has 1 aliphatic rings. The number of carbonyl (C=O) groups excluding carboxylic acids is 2. The van der Waals surface area contributed by atoms with Gasteiger partial charge in [0.15, 0.2) is 5.78 Å². The zero-order valence-electron chi connectivity index (χ0n) is 14.1. The lowest BCUT2D eigenvalue weighted by atomic mass is 10.1. The van der Waals surface area contributed by atoms with Crippen LogP contribution in [0.15, 0.2) is 36.4 Å². The van der Waals surface area contributed by atoms with Crippen molar-refractivity contribution in [3.63, 3.8) is 0 Å². The quantitative estimate of drug-likeness (QED) is 0.728. The predicted octanol–water partition coefficient (Wildman–Crippen LogP) is 4.30. The molecule has 1 heterocycles. The lowest BCUT2D eigenvalue weighted by Gasteiger charge is -2.36. The Morgan fingerprint density at radius 1 is 0.923 bits per heavy atom. The highest BCUT2D eigenvalue weighted by molar-refractivity contribution is 6.42. The number of nitrogens with zero attached hydrogens (tertiary/aromatic N) is 2. The topological polar surface area (TPSA) is 40.6 Å². The third kappa shape index (κ3) is 3.84. The Kier molecular flexibility index (Phi) is 5.49. The molecule has 2 aromatic carbocycles. The molecule has 0 bridgehead atoms. The van der Waals surface area contributed by atoms with E-state index in [1.54, 1.807) is 35.2 Å². The minimum absolute atomic E-state index is 0.129. The minimum Gasteiger partial charge on any atom is -0.366 e. The number of amides is 1. The summed E-state index contributed by atoms with van der Waals surface area (Å²) in [4.78, 5) is 27.5. The van der Waals surface area contributed by atoms with Crippen LogP contribution in [0.1, 0.15) is 27.6 Å². The smallest absolute Gasteiger partial charge is 0.254 e. The first-order valence-electron chi connectivity index (χ1n) is 8.16. The molecular weight excluding hydrogens is 378 g/mol. The van der Waals surface area contributed by atoms with Crippen LogP contribution in [0, 0.1) is 5.82 Å². The fraction of sp³-hybridized carbons (Fsp3) is 0.263. The van der Waals surface area contributed by atoms with E-state index in [-0.39, 0.29) is 11.7 Å². The number of rotatable bonds is 3.